The van der Waals surface area contributed by atoms with Gasteiger partial charge in [0.1, 0.15) is 11.5 Å². The topological polar surface area (TPSA) is 98.8 Å². The predicted octanol–water partition coefficient (Wildman–Crippen LogP) is 5.99. The number of aromatic hydroxyl groups is 2. The van der Waals surface area contributed by atoms with Crippen molar-refractivity contribution in [2.24, 2.45) is 0 Å². The number of rotatable bonds is 9. The summed E-state index contributed by atoms with van der Waals surface area (Å²) in [4.78, 5) is 15.2. The van der Waals surface area contributed by atoms with Crippen LogP contribution >= 0.6 is 0 Å². The van der Waals surface area contributed by atoms with E-state index in [9.17, 15) is 15.0 Å². The van der Waals surface area contributed by atoms with Crippen LogP contribution in [0.4, 0.5) is 0 Å². The van der Waals surface area contributed by atoms with Crippen molar-refractivity contribution in [1.82, 2.24) is 15.4 Å². The molecule has 3 aromatic carbocycles. The predicted molar refractivity (Wildman–Crippen MR) is 146 cm³/mol. The zero-order chi connectivity index (χ0) is 26.5. The number of aryl methyl sites for hydroxylation is 1. The summed E-state index contributed by atoms with van der Waals surface area (Å²) >= 11 is 0. The number of phenols is 2. The van der Waals surface area contributed by atoms with E-state index in [1.807, 2.05) is 62.4 Å². The number of benzene rings is 3. The summed E-state index contributed by atoms with van der Waals surface area (Å²) < 4.78 is 5.71. The Kier molecular flexibility index (Phi) is 7.94. The molecule has 0 bridgehead atoms. The summed E-state index contributed by atoms with van der Waals surface area (Å²) in [5.74, 6) is -0.337. The van der Waals surface area contributed by atoms with Crippen LogP contribution in [-0.2, 0) is 6.54 Å². The lowest BCUT2D eigenvalue weighted by atomic mass is 9.93. The lowest BCUT2D eigenvalue weighted by Gasteiger charge is -2.18. The summed E-state index contributed by atoms with van der Waals surface area (Å²) in [5.41, 5.74) is 5.19. The number of amides is 1. The Morgan fingerprint density at radius 2 is 1.59 bits per heavy atom. The third kappa shape index (κ3) is 5.37. The second-order valence-electron chi connectivity index (χ2n) is 8.95. The van der Waals surface area contributed by atoms with Crippen molar-refractivity contribution >= 4 is 5.91 Å². The fourth-order valence-corrected chi connectivity index (χ4v) is 4.47. The number of carbonyl (C=O) groups excluding carboxylic acids is 1. The highest BCUT2D eigenvalue weighted by atomic mass is 16.5. The first kappa shape index (κ1) is 26.0. The van der Waals surface area contributed by atoms with Crippen LogP contribution in [0.1, 0.15) is 42.4 Å². The molecule has 0 aliphatic rings. The lowest BCUT2D eigenvalue weighted by Crippen LogP contribution is -2.23. The molecule has 0 saturated carbocycles. The molecule has 0 aliphatic carbocycles. The molecule has 0 spiro atoms. The van der Waals surface area contributed by atoms with Crippen LogP contribution < -0.4 is 5.32 Å². The highest BCUT2D eigenvalue weighted by Gasteiger charge is 2.27. The van der Waals surface area contributed by atoms with Gasteiger partial charge in [0, 0.05) is 24.7 Å². The number of nitrogens with one attached hydrogen (secondary N) is 1. The normalized spacial score (nSPS) is 11.2. The first-order valence-electron chi connectivity index (χ1n) is 12.6. The van der Waals surface area contributed by atoms with Crippen LogP contribution in [0.25, 0.3) is 33.6 Å². The maximum Gasteiger partial charge on any atom is 0.274 e. The minimum absolute atomic E-state index is 0.0543. The summed E-state index contributed by atoms with van der Waals surface area (Å²) in [6, 6.07) is 18.6. The summed E-state index contributed by atoms with van der Waals surface area (Å²) in [5, 5.41) is 28.4. The highest BCUT2D eigenvalue weighted by Crippen LogP contribution is 2.44. The summed E-state index contributed by atoms with van der Waals surface area (Å²) in [7, 11) is 0. The first-order chi connectivity index (χ1) is 17.9. The Bertz CT molecular complexity index is 1390. The van der Waals surface area contributed by atoms with Gasteiger partial charge in [-0.15, -0.1) is 0 Å². The van der Waals surface area contributed by atoms with Gasteiger partial charge in [0.2, 0.25) is 0 Å². The minimum Gasteiger partial charge on any atom is -0.507 e. The van der Waals surface area contributed by atoms with E-state index in [0.717, 1.165) is 41.9 Å². The van der Waals surface area contributed by atoms with E-state index in [1.54, 1.807) is 6.07 Å². The molecule has 1 heterocycles. The van der Waals surface area contributed by atoms with E-state index < -0.39 is 0 Å². The van der Waals surface area contributed by atoms with Gasteiger partial charge in [0.05, 0.1) is 11.1 Å². The molecular weight excluding hydrogens is 466 g/mol. The van der Waals surface area contributed by atoms with Gasteiger partial charge in [-0.2, -0.15) is 0 Å². The number of nitrogens with zero attached hydrogens (tertiary/aromatic N) is 2. The van der Waals surface area contributed by atoms with E-state index in [-0.39, 0.29) is 28.9 Å². The molecule has 7 heteroatoms. The van der Waals surface area contributed by atoms with E-state index in [1.165, 1.54) is 6.07 Å². The highest BCUT2D eigenvalue weighted by molar-refractivity contribution is 6.03. The minimum atomic E-state index is -0.364. The maximum atomic E-state index is 12.9. The smallest absolute Gasteiger partial charge is 0.274 e. The largest absolute Gasteiger partial charge is 0.507 e. The zero-order valence-corrected chi connectivity index (χ0v) is 21.7. The molecule has 0 fully saturated rings. The van der Waals surface area contributed by atoms with E-state index in [2.05, 4.69) is 29.2 Å². The Balaban J connectivity index is 1.86. The average molecular weight is 500 g/mol. The number of phenolic OH excluding ortho intramolecular Hbond substituents is 2. The van der Waals surface area contributed by atoms with Gasteiger partial charge in [0.25, 0.3) is 5.91 Å². The van der Waals surface area contributed by atoms with Crippen molar-refractivity contribution in [3.63, 3.8) is 0 Å². The van der Waals surface area contributed by atoms with Gasteiger partial charge in [-0.1, -0.05) is 67.5 Å². The van der Waals surface area contributed by atoms with Crippen molar-refractivity contribution in [3.05, 3.63) is 77.5 Å². The average Bonchev–Trinajstić information content (AvgIpc) is 3.33. The molecule has 4 rings (SSSR count). The quantitative estimate of drug-likeness (QED) is 0.262. The SMILES string of the molecule is CCNC(=O)c1noc(-c2cc(-c3ccccc3C)c(O)cc2O)c1-c1ccc(CN(CC)CC)cc1. The van der Waals surface area contributed by atoms with Crippen molar-refractivity contribution < 1.29 is 19.5 Å². The van der Waals surface area contributed by atoms with Gasteiger partial charge < -0.3 is 20.1 Å². The number of carbonyl (C=O) groups is 1. The molecule has 3 N–H and O–H groups in total. The van der Waals surface area contributed by atoms with Crippen molar-refractivity contribution in [2.75, 3.05) is 19.6 Å². The van der Waals surface area contributed by atoms with E-state index >= 15 is 0 Å². The third-order valence-electron chi connectivity index (χ3n) is 6.58. The summed E-state index contributed by atoms with van der Waals surface area (Å²) in [6.07, 6.45) is 0. The molecule has 0 aliphatic heterocycles. The second kappa shape index (κ2) is 11.3. The molecular formula is C30H33N3O4. The van der Waals surface area contributed by atoms with Crippen molar-refractivity contribution in [1.29, 1.82) is 0 Å². The second-order valence-corrected chi connectivity index (χ2v) is 8.95. The number of hydrogen-bond acceptors (Lipinski definition) is 6. The molecule has 4 aromatic rings. The van der Waals surface area contributed by atoms with E-state index in [0.29, 0.717) is 23.2 Å². The van der Waals surface area contributed by atoms with Gasteiger partial charge >= 0.3 is 0 Å². The molecule has 1 amide bonds. The van der Waals surface area contributed by atoms with Crippen LogP contribution in [0.15, 0.2) is 65.2 Å². The molecule has 0 saturated heterocycles. The Hall–Kier alpha value is -4.10. The molecule has 0 atom stereocenters. The monoisotopic (exact) mass is 499 g/mol. The fraction of sp³-hybridized carbons (Fsp3) is 0.267. The van der Waals surface area contributed by atoms with Gasteiger partial charge in [-0.25, -0.2) is 0 Å². The lowest BCUT2D eigenvalue weighted by molar-refractivity contribution is 0.0947. The van der Waals surface area contributed by atoms with Crippen molar-refractivity contribution in [2.45, 2.75) is 34.2 Å². The molecule has 0 radical (unpaired) electrons. The van der Waals surface area contributed by atoms with Crippen LogP contribution in [-0.4, -0.2) is 45.8 Å². The van der Waals surface area contributed by atoms with Crippen LogP contribution in [0, 0.1) is 6.92 Å². The van der Waals surface area contributed by atoms with Gasteiger partial charge in [-0.05, 0) is 55.3 Å². The Morgan fingerprint density at radius 1 is 0.919 bits per heavy atom. The fourth-order valence-electron chi connectivity index (χ4n) is 4.47. The van der Waals surface area contributed by atoms with Crippen LogP contribution in [0.2, 0.25) is 0 Å². The van der Waals surface area contributed by atoms with Crippen LogP contribution in [0.3, 0.4) is 0 Å². The molecule has 1 aromatic heterocycles. The molecule has 0 unspecified atom stereocenters. The van der Waals surface area contributed by atoms with Gasteiger partial charge in [0.15, 0.2) is 11.5 Å². The standard InChI is InChI=1S/C30H33N3O4/c1-5-31-30(36)28-27(21-14-12-20(13-15-21)18-33(6-2)7-3)29(37-32-28)24-16-23(25(34)17-26(24)35)22-11-9-8-10-19(22)4/h8-17,34-35H,5-7,18H2,1-4H3,(H,31,36). The Morgan fingerprint density at radius 3 is 2.24 bits per heavy atom. The zero-order valence-electron chi connectivity index (χ0n) is 21.7. The van der Waals surface area contributed by atoms with Crippen LogP contribution in [0.5, 0.6) is 11.5 Å². The van der Waals surface area contributed by atoms with Crippen molar-refractivity contribution in [3.8, 4) is 45.1 Å². The maximum absolute atomic E-state index is 12.9. The Labute approximate surface area is 217 Å². The summed E-state index contributed by atoms with van der Waals surface area (Å²) in [6.45, 7) is 11.2. The number of hydrogen-bond donors (Lipinski definition) is 3. The third-order valence-corrected chi connectivity index (χ3v) is 6.58. The molecule has 192 valence electrons. The molecule has 7 nitrogen and oxygen atoms in total. The van der Waals surface area contributed by atoms with Gasteiger partial charge in [-0.3, -0.25) is 9.69 Å². The molecule has 37 heavy (non-hydrogen) atoms. The van der Waals surface area contributed by atoms with E-state index in [4.69, 9.17) is 4.52 Å². The first-order valence-corrected chi connectivity index (χ1v) is 12.6. The number of aromatic nitrogens is 1.